The summed E-state index contributed by atoms with van der Waals surface area (Å²) in [6.07, 6.45) is 3.46. The molecule has 1 spiro atoms. The van der Waals surface area contributed by atoms with Crippen LogP contribution in [-0.4, -0.2) is 68.1 Å². The number of aryl methyl sites for hydroxylation is 1. The van der Waals surface area contributed by atoms with Gasteiger partial charge < -0.3 is 14.8 Å². The van der Waals surface area contributed by atoms with E-state index in [1.807, 2.05) is 12.1 Å². The number of rotatable bonds is 6. The summed E-state index contributed by atoms with van der Waals surface area (Å²) in [5.74, 6) is -1.01. The van der Waals surface area contributed by atoms with Gasteiger partial charge in [0.15, 0.2) is 5.79 Å². The van der Waals surface area contributed by atoms with Crippen LogP contribution < -0.4 is 5.32 Å². The zero-order valence-electron chi connectivity index (χ0n) is 18.2. The van der Waals surface area contributed by atoms with Gasteiger partial charge in [-0.25, -0.2) is 0 Å². The predicted octanol–water partition coefficient (Wildman–Crippen LogP) is 1.66. The monoisotopic (exact) mass is 451 g/mol. The number of amides is 1. The van der Waals surface area contributed by atoms with E-state index in [-0.39, 0.29) is 18.4 Å². The van der Waals surface area contributed by atoms with Gasteiger partial charge in [0.25, 0.3) is 10.2 Å². The molecule has 0 bridgehead atoms. The van der Waals surface area contributed by atoms with Crippen molar-refractivity contribution in [2.45, 2.75) is 51.4 Å². The average Bonchev–Trinajstić information content (AvgIpc) is 3.26. The van der Waals surface area contributed by atoms with E-state index in [0.717, 1.165) is 12.0 Å². The Balaban J connectivity index is 1.31. The first kappa shape index (κ1) is 22.7. The third-order valence-electron chi connectivity index (χ3n) is 6.60. The van der Waals surface area contributed by atoms with E-state index in [4.69, 9.17) is 9.47 Å². The fourth-order valence-electron chi connectivity index (χ4n) is 4.60. The van der Waals surface area contributed by atoms with E-state index in [0.29, 0.717) is 65.1 Å². The second-order valence-electron chi connectivity index (χ2n) is 8.60. The van der Waals surface area contributed by atoms with Gasteiger partial charge in [-0.2, -0.15) is 17.0 Å². The molecule has 3 saturated heterocycles. The molecule has 0 aromatic heterocycles. The number of carbonyl (C=O) groups excluding carboxylic acids is 1. The molecule has 8 nitrogen and oxygen atoms in total. The topological polar surface area (TPSA) is 88.2 Å². The van der Waals surface area contributed by atoms with Crippen LogP contribution in [0.2, 0.25) is 0 Å². The third kappa shape index (κ3) is 5.12. The van der Waals surface area contributed by atoms with Crippen molar-refractivity contribution in [1.82, 2.24) is 13.9 Å². The average molecular weight is 452 g/mol. The van der Waals surface area contributed by atoms with Crippen molar-refractivity contribution in [3.63, 3.8) is 0 Å². The first-order valence-corrected chi connectivity index (χ1v) is 12.7. The van der Waals surface area contributed by atoms with Gasteiger partial charge in [0, 0.05) is 45.6 Å². The Morgan fingerprint density at radius 2 is 1.71 bits per heavy atom. The van der Waals surface area contributed by atoms with Crippen LogP contribution in [0.4, 0.5) is 0 Å². The van der Waals surface area contributed by atoms with E-state index in [1.165, 1.54) is 14.2 Å². The van der Waals surface area contributed by atoms with Crippen molar-refractivity contribution in [3.05, 3.63) is 35.4 Å². The zero-order valence-corrected chi connectivity index (χ0v) is 19.0. The maximum atomic E-state index is 13.2. The maximum absolute atomic E-state index is 13.2. The number of nitrogens with zero attached hydrogens (tertiary/aromatic N) is 2. The number of hydrogen-bond acceptors (Lipinski definition) is 5. The van der Waals surface area contributed by atoms with Crippen LogP contribution in [0.3, 0.4) is 0 Å². The molecule has 0 radical (unpaired) electrons. The molecule has 3 heterocycles. The summed E-state index contributed by atoms with van der Waals surface area (Å²) in [6, 6.07) is 8.19. The maximum Gasteiger partial charge on any atom is 0.282 e. The Morgan fingerprint density at radius 1 is 1.06 bits per heavy atom. The highest BCUT2D eigenvalue weighted by Crippen LogP contribution is 2.33. The van der Waals surface area contributed by atoms with Gasteiger partial charge in [-0.15, -0.1) is 0 Å². The highest BCUT2D eigenvalue weighted by molar-refractivity contribution is 7.86. The zero-order chi connectivity index (χ0) is 21.9. The second-order valence-corrected chi connectivity index (χ2v) is 10.5. The van der Waals surface area contributed by atoms with Gasteiger partial charge in [0.2, 0.25) is 5.91 Å². The molecule has 172 valence electrons. The Kier molecular flexibility index (Phi) is 6.98. The highest BCUT2D eigenvalue weighted by Gasteiger charge is 2.44. The minimum absolute atomic E-state index is 0.0789. The molecule has 3 fully saturated rings. The van der Waals surface area contributed by atoms with Crippen molar-refractivity contribution in [1.29, 1.82) is 0 Å². The van der Waals surface area contributed by atoms with Gasteiger partial charge >= 0.3 is 0 Å². The van der Waals surface area contributed by atoms with Crippen molar-refractivity contribution in [3.8, 4) is 0 Å². The molecule has 1 aromatic rings. The smallest absolute Gasteiger partial charge is 0.282 e. The predicted molar refractivity (Wildman–Crippen MR) is 116 cm³/mol. The van der Waals surface area contributed by atoms with Crippen LogP contribution in [0.25, 0.3) is 0 Å². The quantitative estimate of drug-likeness (QED) is 0.711. The van der Waals surface area contributed by atoms with Gasteiger partial charge in [-0.05, 0) is 30.4 Å². The molecule has 1 aromatic carbocycles. The molecule has 9 heteroatoms. The Morgan fingerprint density at radius 3 is 2.35 bits per heavy atom. The molecule has 0 unspecified atom stereocenters. The number of hydrogen-bond donors (Lipinski definition) is 1. The summed E-state index contributed by atoms with van der Waals surface area (Å²) in [6.45, 7) is 5.15. The molecular weight excluding hydrogens is 418 g/mol. The number of piperidine rings is 2. The van der Waals surface area contributed by atoms with Crippen LogP contribution >= 0.6 is 0 Å². The second kappa shape index (κ2) is 9.54. The SMILES string of the molecule is CCc1ccc(CNC(=O)[C@H]2CCCN(S(=O)(=O)N3CCC4(CC3)OCCO4)C2)cc1. The minimum atomic E-state index is -3.60. The fraction of sp³-hybridized carbons (Fsp3) is 0.682. The molecule has 0 saturated carbocycles. The highest BCUT2D eigenvalue weighted by atomic mass is 32.2. The van der Waals surface area contributed by atoms with Crippen LogP contribution in [0.5, 0.6) is 0 Å². The largest absolute Gasteiger partial charge is 0.352 e. The number of nitrogens with one attached hydrogen (secondary N) is 1. The molecule has 31 heavy (non-hydrogen) atoms. The van der Waals surface area contributed by atoms with Crippen LogP contribution in [0.15, 0.2) is 24.3 Å². The molecule has 3 aliphatic rings. The van der Waals surface area contributed by atoms with Crippen LogP contribution in [-0.2, 0) is 37.4 Å². The van der Waals surface area contributed by atoms with Crippen LogP contribution in [0, 0.1) is 5.92 Å². The molecule has 1 amide bonds. The summed E-state index contributed by atoms with van der Waals surface area (Å²) in [4.78, 5) is 12.7. The summed E-state index contributed by atoms with van der Waals surface area (Å²) in [5.41, 5.74) is 2.31. The van der Waals surface area contributed by atoms with E-state index in [2.05, 4.69) is 24.4 Å². The summed E-state index contributed by atoms with van der Waals surface area (Å²) in [5, 5.41) is 2.98. The van der Waals surface area contributed by atoms with Crippen LogP contribution in [0.1, 0.15) is 43.7 Å². The third-order valence-corrected chi connectivity index (χ3v) is 8.61. The Labute approximate surface area is 185 Å². The first-order valence-electron chi connectivity index (χ1n) is 11.3. The number of ether oxygens (including phenoxy) is 2. The lowest BCUT2D eigenvalue weighted by Gasteiger charge is -2.40. The van der Waals surface area contributed by atoms with Gasteiger partial charge in [-0.3, -0.25) is 4.79 Å². The molecule has 1 atom stereocenters. The lowest BCUT2D eigenvalue weighted by molar-refractivity contribution is -0.179. The molecule has 0 aliphatic carbocycles. The van der Waals surface area contributed by atoms with Crippen molar-refractivity contribution >= 4 is 16.1 Å². The van der Waals surface area contributed by atoms with E-state index in [1.54, 1.807) is 0 Å². The van der Waals surface area contributed by atoms with E-state index < -0.39 is 16.0 Å². The lowest BCUT2D eigenvalue weighted by atomic mass is 9.98. The van der Waals surface area contributed by atoms with Crippen molar-refractivity contribution < 1.29 is 22.7 Å². The Hall–Kier alpha value is -1.52. The number of carbonyl (C=O) groups is 1. The van der Waals surface area contributed by atoms with E-state index in [9.17, 15) is 13.2 Å². The van der Waals surface area contributed by atoms with E-state index >= 15 is 0 Å². The number of benzene rings is 1. The molecule has 1 N–H and O–H groups in total. The van der Waals surface area contributed by atoms with Gasteiger partial charge in [0.05, 0.1) is 19.1 Å². The first-order chi connectivity index (χ1) is 14.9. The summed E-state index contributed by atoms with van der Waals surface area (Å²) >= 11 is 0. The lowest BCUT2D eigenvalue weighted by Crippen LogP contribution is -2.54. The van der Waals surface area contributed by atoms with Crippen molar-refractivity contribution in [2.75, 3.05) is 39.4 Å². The molecule has 3 aliphatic heterocycles. The minimum Gasteiger partial charge on any atom is -0.352 e. The molecule has 4 rings (SSSR count). The van der Waals surface area contributed by atoms with Gasteiger partial charge in [0.1, 0.15) is 0 Å². The van der Waals surface area contributed by atoms with Crippen molar-refractivity contribution in [2.24, 2.45) is 5.92 Å². The van der Waals surface area contributed by atoms with Gasteiger partial charge in [-0.1, -0.05) is 31.2 Å². The normalized spacial score (nSPS) is 25.0. The summed E-state index contributed by atoms with van der Waals surface area (Å²) in [7, 11) is -3.60. The fourth-order valence-corrected chi connectivity index (χ4v) is 6.30. The Bertz CT molecular complexity index is 858. The standard InChI is InChI=1S/C22H33N3O5S/c1-2-18-5-7-19(8-6-18)16-23-21(26)20-4-3-11-25(17-20)31(27,28)24-12-9-22(10-13-24)29-14-15-30-22/h5-8,20H,2-4,9-17H2,1H3,(H,23,26)/t20-/m0/s1. The molecular formula is C22H33N3O5S. The summed E-state index contributed by atoms with van der Waals surface area (Å²) < 4.78 is 40.8.